The van der Waals surface area contributed by atoms with Crippen LogP contribution in [0, 0.1) is 0 Å². The molecule has 0 N–H and O–H groups in total. The van der Waals surface area contributed by atoms with Gasteiger partial charge in [0.2, 0.25) is 0 Å². The van der Waals surface area contributed by atoms with Crippen LogP contribution < -0.4 is 0 Å². The van der Waals surface area contributed by atoms with Crippen molar-refractivity contribution >= 4 is 17.7 Å². The van der Waals surface area contributed by atoms with Gasteiger partial charge in [0, 0.05) is 19.1 Å². The summed E-state index contributed by atoms with van der Waals surface area (Å²) in [6.07, 6.45) is -2.09. The van der Waals surface area contributed by atoms with Gasteiger partial charge in [-0.1, -0.05) is 12.8 Å². The average Bonchev–Trinajstić information content (AvgIpc) is 2.18. The van der Waals surface area contributed by atoms with Crippen LogP contribution in [0.2, 0.25) is 0 Å². The van der Waals surface area contributed by atoms with Crippen molar-refractivity contribution < 1.29 is 22.7 Å². The Bertz CT molecular complexity index is 207. The summed E-state index contributed by atoms with van der Waals surface area (Å²) in [6, 6.07) is 0. The van der Waals surface area contributed by atoms with Crippen molar-refractivity contribution in [2.24, 2.45) is 0 Å². The lowest BCUT2D eigenvalue weighted by Crippen LogP contribution is -2.06. The van der Waals surface area contributed by atoms with Crippen LogP contribution in [0.15, 0.2) is 0 Å². The van der Waals surface area contributed by atoms with E-state index in [4.69, 9.17) is 4.74 Å². The normalized spacial score (nSPS) is 11.5. The number of ether oxygens (including phenoxy) is 1. The molecule has 0 aliphatic rings. The second-order valence-electron chi connectivity index (χ2n) is 3.73. The van der Waals surface area contributed by atoms with Gasteiger partial charge in [-0.2, -0.15) is 24.9 Å². The molecule has 0 radical (unpaired) electrons. The summed E-state index contributed by atoms with van der Waals surface area (Å²) < 4.78 is 40.1. The third-order valence-electron chi connectivity index (χ3n) is 2.03. The second kappa shape index (κ2) is 9.62. The molecule has 0 aromatic rings. The Hall–Kier alpha value is -0.390. The third-order valence-corrected chi connectivity index (χ3v) is 3.06. The van der Waals surface area contributed by atoms with Crippen molar-refractivity contribution in [3.05, 3.63) is 0 Å². The summed E-state index contributed by atoms with van der Waals surface area (Å²) in [5.74, 6) is 1.38. The van der Waals surface area contributed by atoms with Crippen LogP contribution in [0.25, 0.3) is 0 Å². The number of thioether (sulfide) groups is 1. The van der Waals surface area contributed by atoms with Crippen LogP contribution in [0.1, 0.15) is 39.0 Å². The summed E-state index contributed by atoms with van der Waals surface area (Å²) in [7, 11) is 0. The van der Waals surface area contributed by atoms with Crippen molar-refractivity contribution in [1.82, 2.24) is 0 Å². The number of carbonyl (C=O) groups excluding carboxylic acids is 1. The molecule has 6 heteroatoms. The maximum atomic E-state index is 11.8. The summed E-state index contributed by atoms with van der Waals surface area (Å²) in [5, 5.41) is 0. The fourth-order valence-electron chi connectivity index (χ4n) is 1.23. The zero-order chi connectivity index (χ0) is 13.1. The lowest BCUT2D eigenvalue weighted by Gasteiger charge is -2.05. The maximum Gasteiger partial charge on any atom is 0.389 e. The molecule has 17 heavy (non-hydrogen) atoms. The molecular weight excluding hydrogens is 253 g/mol. The Balaban J connectivity index is 3.06. The van der Waals surface area contributed by atoms with E-state index in [0.29, 0.717) is 13.0 Å². The van der Waals surface area contributed by atoms with Gasteiger partial charge in [-0.25, -0.2) is 0 Å². The minimum absolute atomic E-state index is 0.224. The monoisotopic (exact) mass is 272 g/mol. The number of unbranched alkanes of at least 4 members (excludes halogenated alkanes) is 3. The first kappa shape index (κ1) is 16.6. The third kappa shape index (κ3) is 15.6. The van der Waals surface area contributed by atoms with Gasteiger partial charge in [-0.3, -0.25) is 4.79 Å². The molecule has 102 valence electrons. The van der Waals surface area contributed by atoms with Crippen molar-refractivity contribution in [3.63, 3.8) is 0 Å². The molecule has 0 heterocycles. The van der Waals surface area contributed by atoms with E-state index in [0.717, 1.165) is 24.3 Å². The average molecular weight is 272 g/mol. The van der Waals surface area contributed by atoms with Gasteiger partial charge in [0.25, 0.3) is 0 Å². The molecule has 0 rings (SSSR count). The van der Waals surface area contributed by atoms with Crippen LogP contribution in [0.5, 0.6) is 0 Å². The highest BCUT2D eigenvalue weighted by molar-refractivity contribution is 7.99. The molecule has 0 aliphatic carbocycles. The molecule has 0 aromatic heterocycles. The Morgan fingerprint density at radius 1 is 1.12 bits per heavy atom. The molecule has 0 saturated carbocycles. The van der Waals surface area contributed by atoms with Crippen LogP contribution in [0.4, 0.5) is 13.2 Å². The van der Waals surface area contributed by atoms with Crippen molar-refractivity contribution in [2.75, 3.05) is 18.1 Å². The highest BCUT2D eigenvalue weighted by atomic mass is 32.2. The van der Waals surface area contributed by atoms with E-state index in [2.05, 4.69) is 0 Å². The van der Waals surface area contributed by atoms with Gasteiger partial charge in [-0.05, 0) is 18.6 Å². The largest absolute Gasteiger partial charge is 0.465 e. The van der Waals surface area contributed by atoms with Gasteiger partial charge in [0.1, 0.15) is 6.61 Å². The Labute approximate surface area is 104 Å². The van der Waals surface area contributed by atoms with Crippen molar-refractivity contribution in [1.29, 1.82) is 0 Å². The molecule has 0 fully saturated rings. The van der Waals surface area contributed by atoms with Gasteiger partial charge >= 0.3 is 12.1 Å². The van der Waals surface area contributed by atoms with E-state index in [1.54, 1.807) is 11.8 Å². The summed E-state index contributed by atoms with van der Waals surface area (Å²) in [5.41, 5.74) is 0. The number of hydrogen-bond donors (Lipinski definition) is 0. The number of esters is 1. The van der Waals surface area contributed by atoms with Gasteiger partial charge in [0.05, 0.1) is 0 Å². The molecule has 0 unspecified atom stereocenters. The number of carbonyl (C=O) groups is 1. The molecule has 0 atom stereocenters. The first-order chi connectivity index (χ1) is 7.92. The van der Waals surface area contributed by atoms with E-state index >= 15 is 0 Å². The SMILES string of the molecule is CC(=O)OCCSCCCCCCC(F)(F)F. The highest BCUT2D eigenvalue weighted by Crippen LogP contribution is 2.23. The van der Waals surface area contributed by atoms with Crippen molar-refractivity contribution in [3.8, 4) is 0 Å². The Morgan fingerprint density at radius 3 is 2.35 bits per heavy atom. The summed E-state index contributed by atoms with van der Waals surface area (Å²) in [4.78, 5) is 10.4. The van der Waals surface area contributed by atoms with Gasteiger partial charge < -0.3 is 4.74 Å². The van der Waals surface area contributed by atoms with Crippen LogP contribution in [0.3, 0.4) is 0 Å². The lowest BCUT2D eigenvalue weighted by atomic mass is 10.1. The predicted molar refractivity (Wildman–Crippen MR) is 63.1 cm³/mol. The molecule has 2 nitrogen and oxygen atoms in total. The molecule has 0 bridgehead atoms. The molecule has 0 amide bonds. The standard InChI is InChI=1S/C11H19F3O2S/c1-10(15)16-7-9-17-8-5-3-2-4-6-11(12,13)14/h2-9H2,1H3. The molecule has 0 aromatic carbocycles. The topological polar surface area (TPSA) is 26.3 Å². The van der Waals surface area contributed by atoms with E-state index < -0.39 is 12.6 Å². The van der Waals surface area contributed by atoms with E-state index in [1.807, 2.05) is 0 Å². The predicted octanol–water partition coefficient (Wildman–Crippen LogP) is 3.80. The lowest BCUT2D eigenvalue weighted by molar-refractivity contribution is -0.140. The number of alkyl halides is 3. The number of rotatable bonds is 9. The fourth-order valence-corrected chi connectivity index (χ4v) is 2.04. The smallest absolute Gasteiger partial charge is 0.389 e. The van der Waals surface area contributed by atoms with Crippen LogP contribution in [-0.2, 0) is 9.53 Å². The molecule has 0 aliphatic heterocycles. The summed E-state index contributed by atoms with van der Waals surface area (Å²) >= 11 is 1.66. The molecular formula is C11H19F3O2S. The van der Waals surface area contributed by atoms with Gasteiger partial charge in [0.15, 0.2) is 0 Å². The Kier molecular flexibility index (Phi) is 9.40. The molecule has 0 saturated heterocycles. The second-order valence-corrected chi connectivity index (χ2v) is 4.96. The van der Waals surface area contributed by atoms with Crippen LogP contribution >= 0.6 is 11.8 Å². The zero-order valence-electron chi connectivity index (χ0n) is 10.0. The zero-order valence-corrected chi connectivity index (χ0v) is 10.8. The molecule has 0 spiro atoms. The first-order valence-corrected chi connectivity index (χ1v) is 6.85. The quantitative estimate of drug-likeness (QED) is 0.472. The number of halogens is 3. The Morgan fingerprint density at radius 2 is 1.76 bits per heavy atom. The summed E-state index contributed by atoms with van der Waals surface area (Å²) in [6.45, 7) is 1.78. The minimum atomic E-state index is -4.02. The van der Waals surface area contributed by atoms with Gasteiger partial charge in [-0.15, -0.1) is 0 Å². The minimum Gasteiger partial charge on any atom is -0.465 e. The van der Waals surface area contributed by atoms with Crippen molar-refractivity contribution in [2.45, 2.75) is 45.2 Å². The number of hydrogen-bond acceptors (Lipinski definition) is 3. The maximum absolute atomic E-state index is 11.8. The van der Waals surface area contributed by atoms with E-state index in [9.17, 15) is 18.0 Å². The fraction of sp³-hybridized carbons (Fsp3) is 0.909. The van der Waals surface area contributed by atoms with E-state index in [1.165, 1.54) is 6.92 Å². The highest BCUT2D eigenvalue weighted by Gasteiger charge is 2.25. The van der Waals surface area contributed by atoms with Crippen LogP contribution in [-0.4, -0.2) is 30.3 Å². The first-order valence-electron chi connectivity index (χ1n) is 5.69. The van der Waals surface area contributed by atoms with E-state index in [-0.39, 0.29) is 12.4 Å².